The maximum atomic E-state index is 2.40. The highest BCUT2D eigenvalue weighted by atomic mass is 14.4. The van der Waals surface area contributed by atoms with Gasteiger partial charge in [0.25, 0.3) is 0 Å². The molecule has 0 amide bonds. The first-order valence-electron chi connectivity index (χ1n) is 4.39. The van der Waals surface area contributed by atoms with Crippen molar-refractivity contribution in [2.75, 3.05) is 0 Å². The Hall–Kier alpha value is -0.260. The summed E-state index contributed by atoms with van der Waals surface area (Å²) in [5.74, 6) is 0.877. The van der Waals surface area contributed by atoms with Crippen molar-refractivity contribution in [2.24, 2.45) is 11.3 Å². The smallest absolute Gasteiger partial charge is 0.0145 e. The summed E-state index contributed by atoms with van der Waals surface area (Å²) < 4.78 is 0. The first kappa shape index (κ1) is 7.84. The van der Waals surface area contributed by atoms with Gasteiger partial charge in [-0.25, -0.2) is 0 Å². The van der Waals surface area contributed by atoms with Crippen molar-refractivity contribution in [3.63, 3.8) is 0 Å². The van der Waals surface area contributed by atoms with E-state index in [2.05, 4.69) is 32.9 Å². The predicted octanol–water partition coefficient (Wildman–Crippen LogP) is 3.39. The maximum absolute atomic E-state index is 2.40. The molecular formula is C10H18. The van der Waals surface area contributed by atoms with Gasteiger partial charge in [-0.3, -0.25) is 0 Å². The Bertz CT molecular complexity index is 129. The van der Waals surface area contributed by atoms with Gasteiger partial charge in [0, 0.05) is 0 Å². The Labute approximate surface area is 64.3 Å². The van der Waals surface area contributed by atoms with Crippen molar-refractivity contribution >= 4 is 0 Å². The minimum absolute atomic E-state index is 0.592. The summed E-state index contributed by atoms with van der Waals surface area (Å²) in [5, 5.41) is 0. The summed E-state index contributed by atoms with van der Waals surface area (Å²) in [5.41, 5.74) is 0.592. The highest BCUT2D eigenvalue weighted by Gasteiger charge is 2.30. The molecule has 0 heteroatoms. The third-order valence-corrected chi connectivity index (χ3v) is 3.27. The van der Waals surface area contributed by atoms with Gasteiger partial charge in [-0.2, -0.15) is 0 Å². The molecule has 0 fully saturated rings. The zero-order chi connectivity index (χ0) is 7.61. The fraction of sp³-hybridized carbons (Fsp3) is 0.800. The molecule has 0 radical (unpaired) electrons. The SMILES string of the molecule is CCC(C)(CC)[C@H]1C=CC1. The Balaban J connectivity index is 2.54. The lowest BCUT2D eigenvalue weighted by molar-refractivity contribution is 0.195. The zero-order valence-corrected chi connectivity index (χ0v) is 7.35. The van der Waals surface area contributed by atoms with Gasteiger partial charge in [0.2, 0.25) is 0 Å². The maximum Gasteiger partial charge on any atom is -0.0145 e. The van der Waals surface area contributed by atoms with Crippen LogP contribution < -0.4 is 0 Å². The Morgan fingerprint density at radius 3 is 2.00 bits per heavy atom. The van der Waals surface area contributed by atoms with Crippen LogP contribution in [-0.2, 0) is 0 Å². The average molecular weight is 138 g/mol. The van der Waals surface area contributed by atoms with E-state index in [4.69, 9.17) is 0 Å². The fourth-order valence-electron chi connectivity index (χ4n) is 1.56. The molecular weight excluding hydrogens is 120 g/mol. The van der Waals surface area contributed by atoms with E-state index in [-0.39, 0.29) is 0 Å². The standard InChI is InChI=1S/C10H18/c1-4-10(3,5-2)9-7-6-8-9/h6-7,9H,4-5,8H2,1-3H3/t9-/m0/s1. The molecule has 0 aromatic heterocycles. The van der Waals surface area contributed by atoms with E-state index < -0.39 is 0 Å². The third-order valence-electron chi connectivity index (χ3n) is 3.27. The first-order valence-corrected chi connectivity index (χ1v) is 4.39. The van der Waals surface area contributed by atoms with Crippen LogP contribution in [0.2, 0.25) is 0 Å². The first-order chi connectivity index (χ1) is 4.73. The third kappa shape index (κ3) is 1.12. The molecule has 0 bridgehead atoms. The van der Waals surface area contributed by atoms with E-state index in [0.717, 1.165) is 5.92 Å². The van der Waals surface area contributed by atoms with Crippen molar-refractivity contribution in [3.8, 4) is 0 Å². The van der Waals surface area contributed by atoms with Crippen LogP contribution in [-0.4, -0.2) is 0 Å². The molecule has 0 spiro atoms. The van der Waals surface area contributed by atoms with Crippen molar-refractivity contribution in [1.82, 2.24) is 0 Å². The molecule has 1 aliphatic rings. The molecule has 0 aromatic rings. The van der Waals surface area contributed by atoms with Gasteiger partial charge >= 0.3 is 0 Å². The minimum Gasteiger partial charge on any atom is -0.0876 e. The molecule has 1 atom stereocenters. The van der Waals surface area contributed by atoms with Crippen LogP contribution in [0.25, 0.3) is 0 Å². The van der Waals surface area contributed by atoms with E-state index in [0.29, 0.717) is 5.41 Å². The molecule has 0 unspecified atom stereocenters. The number of hydrogen-bond acceptors (Lipinski definition) is 0. The van der Waals surface area contributed by atoms with E-state index in [1.807, 2.05) is 0 Å². The Kier molecular flexibility index (Phi) is 2.18. The van der Waals surface area contributed by atoms with E-state index >= 15 is 0 Å². The molecule has 0 aromatic carbocycles. The highest BCUT2D eigenvalue weighted by molar-refractivity contribution is 5.07. The van der Waals surface area contributed by atoms with Crippen molar-refractivity contribution in [1.29, 1.82) is 0 Å². The second kappa shape index (κ2) is 2.77. The molecule has 1 rings (SSSR count). The second-order valence-electron chi connectivity index (χ2n) is 3.63. The molecule has 0 saturated heterocycles. The van der Waals surface area contributed by atoms with Gasteiger partial charge in [-0.15, -0.1) is 0 Å². The van der Waals surface area contributed by atoms with Gasteiger partial charge in [0.1, 0.15) is 0 Å². The van der Waals surface area contributed by atoms with E-state index in [1.54, 1.807) is 0 Å². The molecule has 0 saturated carbocycles. The fourth-order valence-corrected chi connectivity index (χ4v) is 1.56. The average Bonchev–Trinajstić information content (AvgIpc) is 1.84. The number of allylic oxidation sites excluding steroid dienone is 2. The van der Waals surface area contributed by atoms with Gasteiger partial charge in [0.05, 0.1) is 0 Å². The van der Waals surface area contributed by atoms with E-state index in [9.17, 15) is 0 Å². The Morgan fingerprint density at radius 1 is 1.40 bits per heavy atom. The normalized spacial score (nSPS) is 24.5. The van der Waals surface area contributed by atoms with Crippen LogP contribution in [0.3, 0.4) is 0 Å². The van der Waals surface area contributed by atoms with Crippen LogP contribution >= 0.6 is 0 Å². The topological polar surface area (TPSA) is 0 Å². The summed E-state index contributed by atoms with van der Waals surface area (Å²) in [4.78, 5) is 0. The summed E-state index contributed by atoms with van der Waals surface area (Å²) >= 11 is 0. The number of rotatable bonds is 3. The van der Waals surface area contributed by atoms with Crippen LogP contribution in [0.5, 0.6) is 0 Å². The summed E-state index contributed by atoms with van der Waals surface area (Å²) in [6.07, 6.45) is 8.61. The Morgan fingerprint density at radius 2 is 1.90 bits per heavy atom. The van der Waals surface area contributed by atoms with Crippen LogP contribution in [0.4, 0.5) is 0 Å². The summed E-state index contributed by atoms with van der Waals surface area (Å²) in [7, 11) is 0. The van der Waals surface area contributed by atoms with E-state index in [1.165, 1.54) is 19.3 Å². The molecule has 0 heterocycles. The molecule has 10 heavy (non-hydrogen) atoms. The lowest BCUT2D eigenvalue weighted by atomic mass is 9.68. The minimum atomic E-state index is 0.592. The lowest BCUT2D eigenvalue weighted by Gasteiger charge is -2.37. The molecule has 1 aliphatic carbocycles. The van der Waals surface area contributed by atoms with Crippen LogP contribution in [0, 0.1) is 11.3 Å². The van der Waals surface area contributed by atoms with Crippen LogP contribution in [0.1, 0.15) is 40.0 Å². The van der Waals surface area contributed by atoms with Gasteiger partial charge < -0.3 is 0 Å². The van der Waals surface area contributed by atoms with Crippen molar-refractivity contribution in [3.05, 3.63) is 12.2 Å². The van der Waals surface area contributed by atoms with Crippen LogP contribution in [0.15, 0.2) is 12.2 Å². The summed E-state index contributed by atoms with van der Waals surface area (Å²) in [6.45, 7) is 7.01. The lowest BCUT2D eigenvalue weighted by Crippen LogP contribution is -2.27. The van der Waals surface area contributed by atoms with Gasteiger partial charge in [-0.1, -0.05) is 45.8 Å². The quantitative estimate of drug-likeness (QED) is 0.524. The largest absolute Gasteiger partial charge is 0.0876 e. The molecule has 0 N–H and O–H groups in total. The molecule has 58 valence electrons. The monoisotopic (exact) mass is 138 g/mol. The second-order valence-corrected chi connectivity index (χ2v) is 3.63. The van der Waals surface area contributed by atoms with Crippen molar-refractivity contribution in [2.45, 2.75) is 40.0 Å². The summed E-state index contributed by atoms with van der Waals surface area (Å²) in [6, 6.07) is 0. The van der Waals surface area contributed by atoms with Crippen molar-refractivity contribution < 1.29 is 0 Å². The molecule has 0 aliphatic heterocycles. The van der Waals surface area contributed by atoms with Gasteiger partial charge in [-0.05, 0) is 17.8 Å². The number of hydrogen-bond donors (Lipinski definition) is 0. The molecule has 0 nitrogen and oxygen atoms in total. The zero-order valence-electron chi connectivity index (χ0n) is 7.35. The van der Waals surface area contributed by atoms with Gasteiger partial charge in [0.15, 0.2) is 0 Å². The highest BCUT2D eigenvalue weighted by Crippen LogP contribution is 2.41. The predicted molar refractivity (Wildman–Crippen MR) is 45.9 cm³/mol.